The van der Waals surface area contributed by atoms with Gasteiger partial charge < -0.3 is 14.2 Å². The van der Waals surface area contributed by atoms with Gasteiger partial charge in [-0.3, -0.25) is 5.32 Å². The Kier molecular flexibility index (Phi) is 7.43. The summed E-state index contributed by atoms with van der Waals surface area (Å²) >= 11 is 5.88. The first-order valence-corrected chi connectivity index (χ1v) is 9.39. The molecule has 0 aliphatic heterocycles. The van der Waals surface area contributed by atoms with Crippen LogP contribution in [-0.4, -0.2) is 24.8 Å². The van der Waals surface area contributed by atoms with Gasteiger partial charge in [-0.25, -0.2) is 9.59 Å². The number of hydrogen-bond donors (Lipinski definition) is 1. The van der Waals surface area contributed by atoms with Crippen LogP contribution in [0.25, 0.3) is 0 Å². The minimum atomic E-state index is -4.52. The normalized spacial score (nSPS) is 11.6. The average Bonchev–Trinajstić information content (AvgIpc) is 2.65. The van der Waals surface area contributed by atoms with Gasteiger partial charge in [0.05, 0.1) is 28.9 Å². The van der Waals surface area contributed by atoms with E-state index >= 15 is 0 Å². The molecule has 0 saturated heterocycles. The van der Waals surface area contributed by atoms with Gasteiger partial charge in [-0.05, 0) is 56.7 Å². The Balaban J connectivity index is 2.19. The first kappa shape index (κ1) is 24.3. The van der Waals surface area contributed by atoms with Gasteiger partial charge in [0.1, 0.15) is 18.0 Å². The zero-order valence-electron chi connectivity index (χ0n) is 17.2. The van der Waals surface area contributed by atoms with Crippen LogP contribution in [-0.2, 0) is 22.3 Å². The first-order valence-electron chi connectivity index (χ1n) is 9.01. The number of nitrogens with one attached hydrogen (secondary N) is 1. The van der Waals surface area contributed by atoms with E-state index in [4.69, 9.17) is 25.8 Å². The van der Waals surface area contributed by atoms with Crippen LogP contribution in [0.1, 0.15) is 42.3 Å². The lowest BCUT2D eigenvalue weighted by atomic mass is 10.1. The van der Waals surface area contributed by atoms with E-state index in [1.165, 1.54) is 19.2 Å². The fourth-order valence-corrected chi connectivity index (χ4v) is 2.67. The molecule has 0 radical (unpaired) electrons. The summed E-state index contributed by atoms with van der Waals surface area (Å²) in [6, 6.07) is 7.20. The predicted octanol–water partition coefficient (Wildman–Crippen LogP) is 6.07. The highest BCUT2D eigenvalue weighted by Crippen LogP contribution is 2.35. The summed E-state index contributed by atoms with van der Waals surface area (Å²) in [4.78, 5) is 24.1. The van der Waals surface area contributed by atoms with E-state index in [9.17, 15) is 22.8 Å². The number of ether oxygens (including phenoxy) is 3. The van der Waals surface area contributed by atoms with Crippen molar-refractivity contribution in [3.63, 3.8) is 0 Å². The number of carbonyl (C=O) groups excluding carboxylic acids is 2. The number of methoxy groups -OCH3 is 1. The van der Waals surface area contributed by atoms with Crippen LogP contribution in [0.15, 0.2) is 36.4 Å². The summed E-state index contributed by atoms with van der Waals surface area (Å²) in [6.07, 6.45) is -5.27. The lowest BCUT2D eigenvalue weighted by Gasteiger charge is -2.20. The maximum absolute atomic E-state index is 12.7. The van der Waals surface area contributed by atoms with Gasteiger partial charge in [-0.15, -0.1) is 0 Å². The molecule has 0 aromatic heterocycles. The van der Waals surface area contributed by atoms with Crippen molar-refractivity contribution in [3.8, 4) is 5.75 Å². The summed E-state index contributed by atoms with van der Waals surface area (Å²) in [7, 11) is 1.19. The maximum Gasteiger partial charge on any atom is 0.416 e. The van der Waals surface area contributed by atoms with E-state index in [2.05, 4.69) is 5.32 Å². The van der Waals surface area contributed by atoms with Gasteiger partial charge in [-0.1, -0.05) is 17.7 Å². The Morgan fingerprint density at radius 3 is 2.29 bits per heavy atom. The number of amides is 1. The van der Waals surface area contributed by atoms with Gasteiger partial charge in [0.2, 0.25) is 0 Å². The highest BCUT2D eigenvalue weighted by atomic mass is 35.5. The van der Waals surface area contributed by atoms with Gasteiger partial charge in [0.25, 0.3) is 0 Å². The van der Waals surface area contributed by atoms with Crippen molar-refractivity contribution >= 4 is 29.4 Å². The average molecular weight is 460 g/mol. The molecule has 0 heterocycles. The van der Waals surface area contributed by atoms with Crippen LogP contribution in [0.2, 0.25) is 5.02 Å². The minimum Gasteiger partial charge on any atom is -0.487 e. The largest absolute Gasteiger partial charge is 0.487 e. The third kappa shape index (κ3) is 7.06. The lowest BCUT2D eigenvalue weighted by Crippen LogP contribution is -2.27. The lowest BCUT2D eigenvalue weighted by molar-refractivity contribution is -0.137. The molecule has 1 N–H and O–H groups in total. The summed E-state index contributed by atoms with van der Waals surface area (Å²) in [5.74, 6) is -0.661. The molecule has 1 amide bonds. The van der Waals surface area contributed by atoms with E-state index in [0.29, 0.717) is 5.56 Å². The number of hydrogen-bond acceptors (Lipinski definition) is 5. The van der Waals surface area contributed by atoms with Crippen LogP contribution in [0.5, 0.6) is 5.75 Å². The zero-order chi connectivity index (χ0) is 23.4. The Labute approximate surface area is 182 Å². The molecule has 0 saturated carbocycles. The first-order chi connectivity index (χ1) is 14.3. The third-order valence-electron chi connectivity index (χ3n) is 3.78. The second-order valence-electron chi connectivity index (χ2n) is 7.43. The zero-order valence-corrected chi connectivity index (χ0v) is 18.0. The molecule has 10 heteroatoms. The second kappa shape index (κ2) is 9.47. The van der Waals surface area contributed by atoms with Crippen molar-refractivity contribution in [1.82, 2.24) is 0 Å². The summed E-state index contributed by atoms with van der Waals surface area (Å²) in [5, 5.41) is 2.28. The molecular formula is C21H21ClF3NO5. The number of rotatable bonds is 5. The summed E-state index contributed by atoms with van der Waals surface area (Å²) in [6.45, 7) is 4.99. The van der Waals surface area contributed by atoms with Gasteiger partial charge in [0, 0.05) is 0 Å². The molecule has 6 nitrogen and oxygen atoms in total. The predicted molar refractivity (Wildman–Crippen MR) is 108 cm³/mol. The molecule has 0 aliphatic rings. The number of halogens is 4. The number of benzene rings is 2. The molecule has 0 unspecified atom stereocenters. The van der Waals surface area contributed by atoms with Crippen LogP contribution in [0.4, 0.5) is 23.7 Å². The number of anilines is 1. The van der Waals surface area contributed by atoms with Crippen molar-refractivity contribution in [2.75, 3.05) is 12.4 Å². The summed E-state index contributed by atoms with van der Waals surface area (Å²) < 4.78 is 53.6. The van der Waals surface area contributed by atoms with Crippen molar-refractivity contribution in [1.29, 1.82) is 0 Å². The van der Waals surface area contributed by atoms with E-state index in [1.54, 1.807) is 26.8 Å². The van der Waals surface area contributed by atoms with Crippen LogP contribution < -0.4 is 10.1 Å². The molecule has 2 aromatic rings. The fraction of sp³-hybridized carbons (Fsp3) is 0.333. The van der Waals surface area contributed by atoms with Gasteiger partial charge in [-0.2, -0.15) is 13.2 Å². The van der Waals surface area contributed by atoms with Crippen LogP contribution >= 0.6 is 11.6 Å². The summed E-state index contributed by atoms with van der Waals surface area (Å²) in [5.41, 5.74) is -0.920. The van der Waals surface area contributed by atoms with Crippen molar-refractivity contribution in [3.05, 3.63) is 58.1 Å². The third-order valence-corrected chi connectivity index (χ3v) is 4.07. The molecule has 31 heavy (non-hydrogen) atoms. The molecule has 0 spiro atoms. The van der Waals surface area contributed by atoms with E-state index in [1.807, 2.05) is 0 Å². The van der Waals surface area contributed by atoms with E-state index < -0.39 is 29.4 Å². The highest BCUT2D eigenvalue weighted by molar-refractivity contribution is 6.32. The second-order valence-corrected chi connectivity index (χ2v) is 7.84. The molecule has 0 bridgehead atoms. The van der Waals surface area contributed by atoms with Crippen molar-refractivity contribution in [2.45, 2.75) is 39.2 Å². The molecule has 168 valence electrons. The highest BCUT2D eigenvalue weighted by Gasteiger charge is 2.31. The quantitative estimate of drug-likeness (QED) is 0.549. The van der Waals surface area contributed by atoms with Gasteiger partial charge in [0.15, 0.2) is 0 Å². The molecule has 2 aromatic carbocycles. The Morgan fingerprint density at radius 1 is 1.06 bits per heavy atom. The number of esters is 1. The smallest absolute Gasteiger partial charge is 0.416 e. The fourth-order valence-electron chi connectivity index (χ4n) is 2.44. The topological polar surface area (TPSA) is 73.9 Å². The minimum absolute atomic E-state index is 0.0465. The molecule has 0 fully saturated rings. The molecular weight excluding hydrogens is 439 g/mol. The number of carbonyl (C=O) groups is 2. The van der Waals surface area contributed by atoms with Crippen LogP contribution in [0, 0.1) is 0 Å². The van der Waals surface area contributed by atoms with Crippen molar-refractivity contribution in [2.24, 2.45) is 0 Å². The van der Waals surface area contributed by atoms with E-state index in [0.717, 1.165) is 18.2 Å². The van der Waals surface area contributed by atoms with Crippen molar-refractivity contribution < 1.29 is 37.0 Å². The van der Waals surface area contributed by atoms with Gasteiger partial charge >= 0.3 is 18.2 Å². The molecule has 0 aliphatic carbocycles. The molecule has 2 rings (SSSR count). The Morgan fingerprint density at radius 2 is 1.74 bits per heavy atom. The maximum atomic E-state index is 12.7. The monoisotopic (exact) mass is 459 g/mol. The Hall–Kier alpha value is -2.94. The van der Waals surface area contributed by atoms with Crippen LogP contribution in [0.3, 0.4) is 0 Å². The Bertz CT molecular complexity index is 970. The SMILES string of the molecule is COC(=O)c1cc(COc2ccc(C(F)(F)F)cc2Cl)ccc1NC(=O)OC(C)(C)C. The van der Waals surface area contributed by atoms with E-state index in [-0.39, 0.29) is 28.6 Å². The number of alkyl halides is 3. The standard InChI is InChI=1S/C21H21ClF3NO5/c1-20(2,3)31-19(28)26-16-7-5-12(9-14(16)18(27)29-4)11-30-17-8-6-13(10-15(17)22)21(23,24)25/h5-10H,11H2,1-4H3,(H,26,28). The molecule has 0 atom stereocenters.